The first-order valence-electron chi connectivity index (χ1n) is 5.44. The number of carbonyl (C=O) groups is 4. The zero-order chi connectivity index (χ0) is 15.9. The summed E-state index contributed by atoms with van der Waals surface area (Å²) in [6, 6.07) is -2.34. The number of rotatable bonds is 8. The van der Waals surface area contributed by atoms with Crippen molar-refractivity contribution in [1.82, 2.24) is 4.90 Å². The van der Waals surface area contributed by atoms with E-state index >= 15 is 0 Å². The third kappa shape index (κ3) is 6.26. The summed E-state index contributed by atoms with van der Waals surface area (Å²) < 4.78 is 0. The van der Waals surface area contributed by atoms with Crippen molar-refractivity contribution in [3.05, 3.63) is 0 Å². The van der Waals surface area contributed by atoms with E-state index in [9.17, 15) is 19.2 Å². The van der Waals surface area contributed by atoms with Crippen molar-refractivity contribution in [2.75, 3.05) is 11.5 Å². The molecule has 0 aromatic rings. The van der Waals surface area contributed by atoms with Gasteiger partial charge in [0.25, 0.3) is 0 Å². The van der Waals surface area contributed by atoms with Gasteiger partial charge in [-0.25, -0.2) is 4.79 Å². The number of nitrogens with two attached hydrogens (primary N) is 1. The first-order chi connectivity index (χ1) is 9.18. The molecule has 0 saturated heterocycles. The molecule has 2 amide bonds. The van der Waals surface area contributed by atoms with Gasteiger partial charge in [0.05, 0.1) is 0 Å². The monoisotopic (exact) mass is 324 g/mol. The van der Waals surface area contributed by atoms with Gasteiger partial charge >= 0.3 is 11.9 Å². The number of aliphatic carboxylic acids is 2. The minimum Gasteiger partial charge on any atom is -0.480 e. The Bertz CT molecular complexity index is 389. The molecule has 0 radical (unpaired) electrons. The number of carboxylic acids is 2. The van der Waals surface area contributed by atoms with Crippen LogP contribution in [0.4, 0.5) is 0 Å². The molecule has 0 fully saturated rings. The molecule has 0 aliphatic carbocycles. The van der Waals surface area contributed by atoms with Crippen molar-refractivity contribution in [2.24, 2.45) is 5.73 Å². The van der Waals surface area contributed by atoms with Crippen molar-refractivity contribution in [3.8, 4) is 0 Å². The molecule has 10 heteroatoms. The van der Waals surface area contributed by atoms with E-state index in [-0.39, 0.29) is 11.5 Å². The number of carbonyl (C=O) groups excluding carboxylic acids is 2. The van der Waals surface area contributed by atoms with Crippen LogP contribution in [0.3, 0.4) is 0 Å². The number of imide groups is 1. The van der Waals surface area contributed by atoms with Crippen molar-refractivity contribution >= 4 is 45.3 Å². The molecule has 0 aromatic carbocycles. The minimum absolute atomic E-state index is 0.0501. The molecular weight excluding hydrogens is 308 g/mol. The van der Waals surface area contributed by atoms with Gasteiger partial charge in [-0.05, 0) is 0 Å². The molecule has 1 unspecified atom stereocenters. The largest absolute Gasteiger partial charge is 0.480 e. The molecule has 0 saturated carbocycles. The lowest BCUT2D eigenvalue weighted by Gasteiger charge is -2.24. The lowest BCUT2D eigenvalue weighted by molar-refractivity contribution is -0.155. The van der Waals surface area contributed by atoms with Crippen LogP contribution < -0.4 is 5.73 Å². The van der Waals surface area contributed by atoms with Crippen LogP contribution in [0.25, 0.3) is 0 Å². The lowest BCUT2D eigenvalue weighted by atomic mass is 10.3. The fourth-order valence-electron chi connectivity index (χ4n) is 1.22. The zero-order valence-electron chi connectivity index (χ0n) is 10.9. The second kappa shape index (κ2) is 8.82. The molecule has 0 aliphatic heterocycles. The smallest absolute Gasteiger partial charge is 0.327 e. The normalized spacial score (nSPS) is 13.3. The maximum atomic E-state index is 11.3. The van der Waals surface area contributed by atoms with Gasteiger partial charge in [-0.2, -0.15) is 0 Å². The van der Waals surface area contributed by atoms with Gasteiger partial charge in [-0.15, -0.1) is 0 Å². The van der Waals surface area contributed by atoms with Crippen molar-refractivity contribution in [2.45, 2.75) is 25.9 Å². The number of amides is 2. The van der Waals surface area contributed by atoms with Gasteiger partial charge in [-0.1, -0.05) is 21.6 Å². The summed E-state index contributed by atoms with van der Waals surface area (Å²) >= 11 is 0. The van der Waals surface area contributed by atoms with E-state index in [1.165, 1.54) is 0 Å². The Hall–Kier alpha value is -1.26. The second-order valence-corrected chi connectivity index (χ2v) is 6.33. The van der Waals surface area contributed by atoms with Gasteiger partial charge in [0.2, 0.25) is 11.8 Å². The Morgan fingerprint density at radius 3 is 1.80 bits per heavy atom. The maximum Gasteiger partial charge on any atom is 0.327 e. The van der Waals surface area contributed by atoms with Crippen LogP contribution in [0.2, 0.25) is 0 Å². The molecule has 4 N–H and O–H groups in total. The average molecular weight is 324 g/mol. The highest BCUT2D eigenvalue weighted by atomic mass is 33.1. The summed E-state index contributed by atoms with van der Waals surface area (Å²) in [5.74, 6) is -3.72. The van der Waals surface area contributed by atoms with Gasteiger partial charge in [-0.3, -0.25) is 19.3 Å². The van der Waals surface area contributed by atoms with Gasteiger partial charge in [0.15, 0.2) is 0 Å². The van der Waals surface area contributed by atoms with E-state index in [4.69, 9.17) is 15.9 Å². The van der Waals surface area contributed by atoms with E-state index in [0.717, 1.165) is 35.4 Å². The predicted molar refractivity (Wildman–Crippen MR) is 75.2 cm³/mol. The van der Waals surface area contributed by atoms with Crippen molar-refractivity contribution < 1.29 is 29.4 Å². The molecule has 8 nitrogen and oxygen atoms in total. The van der Waals surface area contributed by atoms with Crippen molar-refractivity contribution in [1.29, 1.82) is 0 Å². The van der Waals surface area contributed by atoms with Crippen LogP contribution in [-0.4, -0.2) is 62.5 Å². The van der Waals surface area contributed by atoms with E-state index < -0.39 is 35.8 Å². The fraction of sp³-hybridized carbons (Fsp3) is 0.600. The third-order valence-electron chi connectivity index (χ3n) is 2.15. The number of hydrogen-bond donors (Lipinski definition) is 3. The SMILES string of the molecule is CC(=O)N(C(C)=O)C(CSSC[C@H](N)C(=O)O)C(=O)O. The van der Waals surface area contributed by atoms with Crippen LogP contribution in [0.15, 0.2) is 0 Å². The number of hydrogen-bond acceptors (Lipinski definition) is 7. The molecular formula is C10H16N2O6S2. The molecule has 0 aromatic heterocycles. The molecule has 0 heterocycles. The summed E-state index contributed by atoms with van der Waals surface area (Å²) in [5.41, 5.74) is 5.28. The van der Waals surface area contributed by atoms with Crippen LogP contribution >= 0.6 is 21.6 Å². The minimum atomic E-state index is -1.30. The van der Waals surface area contributed by atoms with E-state index in [1.807, 2.05) is 0 Å². The van der Waals surface area contributed by atoms with Gasteiger partial charge < -0.3 is 15.9 Å². The van der Waals surface area contributed by atoms with Crippen LogP contribution in [0.1, 0.15) is 13.8 Å². The fourth-order valence-corrected chi connectivity index (χ4v) is 3.53. The van der Waals surface area contributed by atoms with Crippen LogP contribution in [-0.2, 0) is 19.2 Å². The Labute approximate surface area is 123 Å². The topological polar surface area (TPSA) is 138 Å². The van der Waals surface area contributed by atoms with Gasteiger partial charge in [0.1, 0.15) is 12.1 Å². The molecule has 0 aliphatic rings. The molecule has 20 heavy (non-hydrogen) atoms. The van der Waals surface area contributed by atoms with E-state index in [0.29, 0.717) is 4.90 Å². The molecule has 2 atom stereocenters. The summed E-state index contributed by atoms with van der Waals surface area (Å²) in [6.45, 7) is 2.21. The highest BCUT2D eigenvalue weighted by Gasteiger charge is 2.30. The molecule has 0 bridgehead atoms. The first kappa shape index (κ1) is 18.7. The predicted octanol–water partition coefficient (Wildman–Crippen LogP) is -0.372. The third-order valence-corrected chi connectivity index (χ3v) is 4.58. The number of nitrogens with zero attached hydrogens (tertiary/aromatic N) is 1. The van der Waals surface area contributed by atoms with E-state index in [2.05, 4.69) is 0 Å². The summed E-state index contributed by atoms with van der Waals surface area (Å²) in [7, 11) is 2.12. The summed E-state index contributed by atoms with van der Waals surface area (Å²) in [4.78, 5) is 44.8. The highest BCUT2D eigenvalue weighted by molar-refractivity contribution is 8.76. The highest BCUT2D eigenvalue weighted by Crippen LogP contribution is 2.24. The molecule has 0 spiro atoms. The Kier molecular flexibility index (Phi) is 8.26. The Morgan fingerprint density at radius 2 is 1.45 bits per heavy atom. The zero-order valence-corrected chi connectivity index (χ0v) is 12.6. The maximum absolute atomic E-state index is 11.3. The standard InChI is InChI=1S/C10H16N2O6S2/c1-5(13)12(6(2)14)8(10(17)18)4-20-19-3-7(11)9(15)16/h7-8H,3-4,11H2,1-2H3,(H,15,16)(H,17,18)/t7-,8?/m0/s1. The summed E-state index contributed by atoms with van der Waals surface area (Å²) in [6.07, 6.45) is 0. The lowest BCUT2D eigenvalue weighted by Crippen LogP contribution is -2.48. The Balaban J connectivity index is 4.50. The number of carboxylic acid groups (broad SMARTS) is 2. The quantitative estimate of drug-likeness (QED) is 0.403. The first-order valence-corrected chi connectivity index (χ1v) is 7.93. The molecule has 114 valence electrons. The van der Waals surface area contributed by atoms with Crippen LogP contribution in [0.5, 0.6) is 0 Å². The summed E-state index contributed by atoms with van der Waals surface area (Å²) in [5, 5.41) is 17.6. The van der Waals surface area contributed by atoms with E-state index in [1.54, 1.807) is 0 Å². The van der Waals surface area contributed by atoms with Crippen molar-refractivity contribution in [3.63, 3.8) is 0 Å². The van der Waals surface area contributed by atoms with Gasteiger partial charge in [0, 0.05) is 25.4 Å². The average Bonchev–Trinajstić information content (AvgIpc) is 2.30. The molecule has 0 rings (SSSR count). The second-order valence-electron chi connectivity index (χ2n) is 3.78. The van der Waals surface area contributed by atoms with Crippen LogP contribution in [0, 0.1) is 0 Å². The Morgan fingerprint density at radius 1 is 1.00 bits per heavy atom.